The zero-order valence-electron chi connectivity index (χ0n) is 35.3. The monoisotopic (exact) mass is 836 g/mol. The lowest BCUT2D eigenvalue weighted by atomic mass is 9.95. The Balaban J connectivity index is 0.00000214. The van der Waals surface area contributed by atoms with Gasteiger partial charge in [-0.05, 0) is 67.9 Å². The standard InChI is InChI=1S/C57H34N4S.C2H6/c1-2-13-35(14-3-1)37-25-28-38(29-26-37)55-58-56(41-30-27-36-15-4-5-16-39(36)33-41)60-57(59-55)61-53-42(40-31-32-51-49(34-40)45-19-10-11-24-50(45)62-51)22-12-23-48(53)52-46-20-8-6-17-43(46)44-18-7-9-21-47(44)54(52)61;1-2/h1-34H;1-2H3. The molecule has 0 saturated heterocycles. The Labute approximate surface area is 374 Å². The van der Waals surface area contributed by atoms with Crippen LogP contribution in [0.15, 0.2) is 206 Å². The van der Waals surface area contributed by atoms with Gasteiger partial charge in [-0.25, -0.2) is 4.98 Å². The van der Waals surface area contributed by atoms with Crippen molar-refractivity contribution < 1.29 is 0 Å². The molecule has 4 nitrogen and oxygen atoms in total. The summed E-state index contributed by atoms with van der Waals surface area (Å²) in [6, 6.07) is 73.9. The van der Waals surface area contributed by atoms with E-state index in [4.69, 9.17) is 15.0 Å². The van der Waals surface area contributed by atoms with E-state index in [0.29, 0.717) is 17.6 Å². The fourth-order valence-corrected chi connectivity index (χ4v) is 10.6. The maximum atomic E-state index is 5.49. The molecule has 3 aromatic heterocycles. The molecule has 0 saturated carbocycles. The highest BCUT2D eigenvalue weighted by atomic mass is 32.1. The minimum Gasteiger partial charge on any atom is -0.277 e. The van der Waals surface area contributed by atoms with Crippen molar-refractivity contribution in [2.75, 3.05) is 0 Å². The van der Waals surface area contributed by atoms with Crippen LogP contribution in [0.25, 0.3) is 125 Å². The topological polar surface area (TPSA) is 43.6 Å². The summed E-state index contributed by atoms with van der Waals surface area (Å²) in [7, 11) is 0. The van der Waals surface area contributed by atoms with Crippen LogP contribution < -0.4 is 0 Å². The molecule has 0 spiro atoms. The lowest BCUT2D eigenvalue weighted by Gasteiger charge is -2.15. The van der Waals surface area contributed by atoms with Crippen LogP contribution >= 0.6 is 11.3 Å². The highest BCUT2D eigenvalue weighted by Crippen LogP contribution is 2.46. The second-order valence-corrected chi connectivity index (χ2v) is 17.0. The predicted molar refractivity (Wildman–Crippen MR) is 273 cm³/mol. The number of aromatic nitrogens is 4. The molecular formula is C59H40N4S. The second kappa shape index (κ2) is 15.4. The number of thiophene rings is 1. The van der Waals surface area contributed by atoms with Gasteiger partial charge in [0.05, 0.1) is 11.0 Å². The van der Waals surface area contributed by atoms with E-state index in [1.807, 2.05) is 31.3 Å². The second-order valence-electron chi connectivity index (χ2n) is 15.9. The van der Waals surface area contributed by atoms with E-state index in [0.717, 1.165) is 60.6 Å². The Hall–Kier alpha value is -7.99. The third-order valence-electron chi connectivity index (χ3n) is 12.4. The van der Waals surface area contributed by atoms with E-state index in [-0.39, 0.29) is 0 Å². The molecule has 0 aliphatic rings. The first-order chi connectivity index (χ1) is 31.7. The van der Waals surface area contributed by atoms with Crippen molar-refractivity contribution in [1.82, 2.24) is 19.5 Å². The first-order valence-electron chi connectivity index (χ1n) is 21.9. The maximum Gasteiger partial charge on any atom is 0.238 e. The molecular weight excluding hydrogens is 797 g/mol. The van der Waals surface area contributed by atoms with Crippen LogP contribution in [0.1, 0.15) is 13.8 Å². The molecule has 13 rings (SSSR count). The summed E-state index contributed by atoms with van der Waals surface area (Å²) in [4.78, 5) is 16.2. The fraction of sp³-hybridized carbons (Fsp3) is 0.0339. The normalized spacial score (nSPS) is 11.6. The molecule has 302 valence electrons. The van der Waals surface area contributed by atoms with Crippen LogP contribution in [0.2, 0.25) is 0 Å². The van der Waals surface area contributed by atoms with Crippen molar-refractivity contribution in [3.63, 3.8) is 0 Å². The van der Waals surface area contributed by atoms with Gasteiger partial charge in [0.15, 0.2) is 11.6 Å². The highest BCUT2D eigenvalue weighted by molar-refractivity contribution is 7.25. The first-order valence-corrected chi connectivity index (χ1v) is 22.7. The average molecular weight is 837 g/mol. The van der Waals surface area contributed by atoms with Gasteiger partial charge < -0.3 is 0 Å². The SMILES string of the molecule is CC.c1ccc(-c2ccc(-c3nc(-c4ccc5ccccc5c4)nc(-n4c5c(-c6ccc7sc8ccccc8c7c6)cccc5c5c6ccccc6c6ccccc6c54)n3)cc2)cc1. The summed E-state index contributed by atoms with van der Waals surface area (Å²) in [6.07, 6.45) is 0. The minimum atomic E-state index is 0.570. The smallest absolute Gasteiger partial charge is 0.238 e. The molecule has 0 radical (unpaired) electrons. The zero-order valence-corrected chi connectivity index (χ0v) is 36.1. The Morgan fingerprint density at radius 2 is 0.906 bits per heavy atom. The molecule has 0 atom stereocenters. The van der Waals surface area contributed by atoms with Crippen LogP contribution in [0.5, 0.6) is 0 Å². The largest absolute Gasteiger partial charge is 0.277 e. The Bertz CT molecular complexity index is 3920. The number of rotatable bonds is 5. The van der Waals surface area contributed by atoms with Crippen molar-refractivity contribution in [1.29, 1.82) is 0 Å². The van der Waals surface area contributed by atoms with Gasteiger partial charge in [0.1, 0.15) is 0 Å². The molecule has 0 N–H and O–H groups in total. The first kappa shape index (κ1) is 37.7. The van der Waals surface area contributed by atoms with Crippen molar-refractivity contribution >= 4 is 85.6 Å². The maximum absolute atomic E-state index is 5.49. The zero-order chi connectivity index (χ0) is 42.7. The van der Waals surface area contributed by atoms with Gasteiger partial charge in [0.2, 0.25) is 5.95 Å². The van der Waals surface area contributed by atoms with E-state index in [1.165, 1.54) is 47.1 Å². The number of hydrogen-bond donors (Lipinski definition) is 0. The molecule has 0 unspecified atom stereocenters. The van der Waals surface area contributed by atoms with E-state index >= 15 is 0 Å². The molecule has 10 aromatic carbocycles. The average Bonchev–Trinajstić information content (AvgIpc) is 3.93. The Morgan fingerprint density at radius 1 is 0.344 bits per heavy atom. The number of benzene rings is 10. The number of fused-ring (bicyclic) bond motifs is 12. The van der Waals surface area contributed by atoms with Crippen LogP contribution in [-0.2, 0) is 0 Å². The van der Waals surface area contributed by atoms with Crippen LogP contribution in [-0.4, -0.2) is 19.5 Å². The van der Waals surface area contributed by atoms with Gasteiger partial charge >= 0.3 is 0 Å². The predicted octanol–water partition coefficient (Wildman–Crippen LogP) is 16.5. The Morgan fingerprint density at radius 3 is 1.70 bits per heavy atom. The van der Waals surface area contributed by atoms with Crippen molar-refractivity contribution in [3.8, 4) is 51.0 Å². The van der Waals surface area contributed by atoms with E-state index in [2.05, 4.69) is 205 Å². The summed E-state index contributed by atoms with van der Waals surface area (Å²) in [5.74, 6) is 1.80. The Kier molecular flexibility index (Phi) is 9.09. The quantitative estimate of drug-likeness (QED) is 0.162. The van der Waals surface area contributed by atoms with Gasteiger partial charge in [0, 0.05) is 53.0 Å². The summed E-state index contributed by atoms with van der Waals surface area (Å²) in [6.45, 7) is 4.00. The number of nitrogens with zero attached hydrogens (tertiary/aromatic N) is 4. The molecule has 5 heteroatoms. The molecule has 0 bridgehead atoms. The molecule has 0 fully saturated rings. The van der Waals surface area contributed by atoms with Crippen LogP contribution in [0.4, 0.5) is 0 Å². The van der Waals surface area contributed by atoms with Crippen molar-refractivity contribution in [2.45, 2.75) is 13.8 Å². The summed E-state index contributed by atoms with van der Waals surface area (Å²) >= 11 is 1.84. The number of para-hydroxylation sites is 1. The van der Waals surface area contributed by atoms with Gasteiger partial charge in [-0.1, -0.05) is 196 Å². The highest BCUT2D eigenvalue weighted by Gasteiger charge is 2.24. The molecule has 0 amide bonds. The fourth-order valence-electron chi connectivity index (χ4n) is 9.55. The van der Waals surface area contributed by atoms with Crippen molar-refractivity contribution in [3.05, 3.63) is 206 Å². The van der Waals surface area contributed by atoms with Gasteiger partial charge in [-0.15, -0.1) is 11.3 Å². The number of hydrogen-bond acceptors (Lipinski definition) is 4. The molecule has 0 aliphatic heterocycles. The summed E-state index contributed by atoms with van der Waals surface area (Å²) < 4.78 is 4.90. The van der Waals surface area contributed by atoms with Crippen LogP contribution in [0.3, 0.4) is 0 Å². The third kappa shape index (κ3) is 6.08. The summed E-state index contributed by atoms with van der Waals surface area (Å²) in [5.41, 5.74) is 8.54. The van der Waals surface area contributed by atoms with Gasteiger partial charge in [-0.3, -0.25) is 4.57 Å². The molecule has 64 heavy (non-hydrogen) atoms. The van der Waals surface area contributed by atoms with Gasteiger partial charge in [0.25, 0.3) is 0 Å². The van der Waals surface area contributed by atoms with Crippen LogP contribution in [0, 0.1) is 0 Å². The van der Waals surface area contributed by atoms with E-state index in [9.17, 15) is 0 Å². The van der Waals surface area contributed by atoms with E-state index in [1.54, 1.807) is 0 Å². The lowest BCUT2D eigenvalue weighted by Crippen LogP contribution is -2.07. The molecule has 13 aromatic rings. The lowest BCUT2D eigenvalue weighted by molar-refractivity contribution is 0.956. The minimum absolute atomic E-state index is 0.570. The van der Waals surface area contributed by atoms with E-state index < -0.39 is 0 Å². The summed E-state index contributed by atoms with van der Waals surface area (Å²) in [5, 5.41) is 11.9. The van der Waals surface area contributed by atoms with Gasteiger partial charge in [-0.2, -0.15) is 9.97 Å². The van der Waals surface area contributed by atoms with Crippen molar-refractivity contribution in [2.24, 2.45) is 0 Å². The molecule has 0 aliphatic carbocycles. The third-order valence-corrected chi connectivity index (χ3v) is 13.6. The molecule has 3 heterocycles.